The number of nitrogens with zero attached hydrogens (tertiary/aromatic N) is 2. The fraction of sp³-hybridized carbons (Fsp3) is 0.111. The van der Waals surface area contributed by atoms with Crippen LogP contribution in [-0.2, 0) is 6.61 Å². The zero-order valence-corrected chi connectivity index (χ0v) is 13.0. The van der Waals surface area contributed by atoms with Gasteiger partial charge in [0.05, 0.1) is 13.7 Å². The first kappa shape index (κ1) is 15.9. The highest BCUT2D eigenvalue weighted by Gasteiger charge is 2.08. The minimum atomic E-state index is -0.328. The third-order valence-corrected chi connectivity index (χ3v) is 3.49. The second kappa shape index (κ2) is 7.06. The molecule has 2 aromatic carbocycles. The number of ether oxygens (including phenoxy) is 1. The van der Waals surface area contributed by atoms with Crippen molar-refractivity contribution in [1.82, 2.24) is 9.97 Å². The Bertz CT molecular complexity index is 838. The summed E-state index contributed by atoms with van der Waals surface area (Å²) in [7, 11) is 1.57. The van der Waals surface area contributed by atoms with Crippen molar-refractivity contribution in [3.8, 4) is 16.9 Å². The number of halogens is 1. The lowest BCUT2D eigenvalue weighted by atomic mass is 10.1. The van der Waals surface area contributed by atoms with Crippen molar-refractivity contribution in [2.75, 3.05) is 12.4 Å². The summed E-state index contributed by atoms with van der Waals surface area (Å²) in [6.45, 7) is -0.0520. The van der Waals surface area contributed by atoms with Crippen LogP contribution in [0.4, 0.5) is 16.0 Å². The second-order valence-electron chi connectivity index (χ2n) is 5.12. The van der Waals surface area contributed by atoms with Gasteiger partial charge in [-0.05, 0) is 29.8 Å². The van der Waals surface area contributed by atoms with E-state index < -0.39 is 0 Å². The summed E-state index contributed by atoms with van der Waals surface area (Å²) in [6, 6.07) is 11.5. The molecule has 0 radical (unpaired) electrons. The van der Waals surface area contributed by atoms with Crippen LogP contribution in [0.25, 0.3) is 11.1 Å². The Hall–Kier alpha value is -2.99. The van der Waals surface area contributed by atoms with Crippen LogP contribution in [-0.4, -0.2) is 22.2 Å². The van der Waals surface area contributed by atoms with Gasteiger partial charge in [0.25, 0.3) is 0 Å². The molecule has 2 N–H and O–H groups in total. The average Bonchev–Trinajstić information content (AvgIpc) is 2.62. The zero-order chi connectivity index (χ0) is 16.9. The topological polar surface area (TPSA) is 67.3 Å². The molecule has 0 spiro atoms. The lowest BCUT2D eigenvalue weighted by Crippen LogP contribution is -1.98. The average molecular weight is 325 g/mol. The summed E-state index contributed by atoms with van der Waals surface area (Å²) < 4.78 is 18.5. The first-order valence-corrected chi connectivity index (χ1v) is 7.32. The smallest absolute Gasteiger partial charge is 0.227 e. The van der Waals surface area contributed by atoms with Gasteiger partial charge in [-0.3, -0.25) is 0 Å². The molecule has 0 aliphatic carbocycles. The number of aliphatic hydroxyl groups excluding tert-OH is 1. The predicted molar refractivity (Wildman–Crippen MR) is 89.6 cm³/mol. The Morgan fingerprint density at radius 2 is 1.92 bits per heavy atom. The molecule has 0 unspecified atom stereocenters. The molecule has 0 atom stereocenters. The first-order valence-electron chi connectivity index (χ1n) is 7.32. The minimum Gasteiger partial charge on any atom is -0.496 e. The molecule has 0 saturated heterocycles. The summed E-state index contributed by atoms with van der Waals surface area (Å²) >= 11 is 0. The first-order chi connectivity index (χ1) is 11.7. The molecule has 0 saturated carbocycles. The Kier molecular flexibility index (Phi) is 4.67. The van der Waals surface area contributed by atoms with Gasteiger partial charge < -0.3 is 15.2 Å². The molecule has 0 fully saturated rings. The Morgan fingerprint density at radius 1 is 1.12 bits per heavy atom. The molecule has 5 nitrogen and oxygen atoms in total. The van der Waals surface area contributed by atoms with E-state index in [1.165, 1.54) is 12.1 Å². The van der Waals surface area contributed by atoms with E-state index >= 15 is 0 Å². The standard InChI is InChI=1S/C18H16FN3O2/c1-24-17-7-12(11-23)5-6-16(17)13-9-20-18(21-10-13)22-15-4-2-3-14(19)8-15/h2-10,23H,11H2,1H3,(H,20,21,22). The van der Waals surface area contributed by atoms with Gasteiger partial charge in [-0.2, -0.15) is 0 Å². The lowest BCUT2D eigenvalue weighted by molar-refractivity contribution is 0.281. The molecule has 24 heavy (non-hydrogen) atoms. The van der Waals surface area contributed by atoms with Crippen molar-refractivity contribution in [1.29, 1.82) is 0 Å². The number of aliphatic hydroxyl groups is 1. The molecular formula is C18H16FN3O2. The maximum atomic E-state index is 13.2. The van der Waals surface area contributed by atoms with E-state index in [9.17, 15) is 9.50 Å². The molecule has 3 rings (SSSR count). The van der Waals surface area contributed by atoms with E-state index in [0.29, 0.717) is 17.4 Å². The van der Waals surface area contributed by atoms with Crippen LogP contribution in [0.5, 0.6) is 5.75 Å². The number of hydrogen-bond donors (Lipinski definition) is 2. The van der Waals surface area contributed by atoms with E-state index in [4.69, 9.17) is 4.74 Å². The number of methoxy groups -OCH3 is 1. The highest BCUT2D eigenvalue weighted by molar-refractivity contribution is 5.70. The van der Waals surface area contributed by atoms with Gasteiger partial charge >= 0.3 is 0 Å². The van der Waals surface area contributed by atoms with Gasteiger partial charge in [0.15, 0.2) is 0 Å². The van der Waals surface area contributed by atoms with Gasteiger partial charge in [-0.1, -0.05) is 18.2 Å². The number of hydrogen-bond acceptors (Lipinski definition) is 5. The third-order valence-electron chi connectivity index (χ3n) is 3.49. The SMILES string of the molecule is COc1cc(CO)ccc1-c1cnc(Nc2cccc(F)c2)nc1. The zero-order valence-electron chi connectivity index (χ0n) is 13.0. The van der Waals surface area contributed by atoms with E-state index in [2.05, 4.69) is 15.3 Å². The fourth-order valence-electron chi connectivity index (χ4n) is 2.30. The molecule has 0 bridgehead atoms. The predicted octanol–water partition coefficient (Wildman–Crippen LogP) is 3.53. The summed E-state index contributed by atoms with van der Waals surface area (Å²) in [6.07, 6.45) is 3.32. The van der Waals surface area contributed by atoms with Crippen molar-refractivity contribution in [3.63, 3.8) is 0 Å². The van der Waals surface area contributed by atoms with E-state index in [-0.39, 0.29) is 12.4 Å². The summed E-state index contributed by atoms with van der Waals surface area (Å²) in [5.41, 5.74) is 2.95. The Labute approximate surface area is 138 Å². The largest absolute Gasteiger partial charge is 0.496 e. The highest BCUT2D eigenvalue weighted by atomic mass is 19.1. The van der Waals surface area contributed by atoms with Gasteiger partial charge in [0.2, 0.25) is 5.95 Å². The van der Waals surface area contributed by atoms with Crippen LogP contribution in [0.1, 0.15) is 5.56 Å². The molecule has 6 heteroatoms. The molecule has 1 heterocycles. The summed E-state index contributed by atoms with van der Waals surface area (Å²) in [5, 5.41) is 12.1. The van der Waals surface area contributed by atoms with E-state index in [1.807, 2.05) is 12.1 Å². The number of anilines is 2. The van der Waals surface area contributed by atoms with Crippen molar-refractivity contribution < 1.29 is 14.2 Å². The van der Waals surface area contributed by atoms with Crippen LogP contribution >= 0.6 is 0 Å². The van der Waals surface area contributed by atoms with Crippen LogP contribution in [0.3, 0.4) is 0 Å². The lowest BCUT2D eigenvalue weighted by Gasteiger charge is -2.10. The molecule has 0 aliphatic heterocycles. The Balaban J connectivity index is 1.84. The maximum Gasteiger partial charge on any atom is 0.227 e. The Morgan fingerprint density at radius 3 is 2.58 bits per heavy atom. The quantitative estimate of drug-likeness (QED) is 0.751. The van der Waals surface area contributed by atoms with Crippen LogP contribution < -0.4 is 10.1 Å². The molecule has 0 amide bonds. The number of rotatable bonds is 5. The molecule has 0 aliphatic rings. The van der Waals surface area contributed by atoms with Gasteiger partial charge in [0, 0.05) is 29.2 Å². The molecule has 122 valence electrons. The van der Waals surface area contributed by atoms with Gasteiger partial charge in [-0.25, -0.2) is 14.4 Å². The maximum absolute atomic E-state index is 13.2. The van der Waals surface area contributed by atoms with Crippen LogP contribution in [0.15, 0.2) is 54.9 Å². The van der Waals surface area contributed by atoms with Crippen LogP contribution in [0.2, 0.25) is 0 Å². The van der Waals surface area contributed by atoms with Gasteiger partial charge in [-0.15, -0.1) is 0 Å². The van der Waals surface area contributed by atoms with Gasteiger partial charge in [0.1, 0.15) is 11.6 Å². The summed E-state index contributed by atoms with van der Waals surface area (Å²) in [4.78, 5) is 8.50. The number of aromatic nitrogens is 2. The molecule has 3 aromatic rings. The van der Waals surface area contributed by atoms with E-state index in [0.717, 1.165) is 16.7 Å². The monoisotopic (exact) mass is 325 g/mol. The van der Waals surface area contributed by atoms with Crippen molar-refractivity contribution in [2.45, 2.75) is 6.61 Å². The number of benzene rings is 2. The van der Waals surface area contributed by atoms with Crippen molar-refractivity contribution in [2.24, 2.45) is 0 Å². The fourth-order valence-corrected chi connectivity index (χ4v) is 2.30. The van der Waals surface area contributed by atoms with Crippen molar-refractivity contribution in [3.05, 3.63) is 66.2 Å². The normalized spacial score (nSPS) is 10.5. The van der Waals surface area contributed by atoms with Crippen molar-refractivity contribution >= 4 is 11.6 Å². The third kappa shape index (κ3) is 3.49. The summed E-state index contributed by atoms with van der Waals surface area (Å²) in [5.74, 6) is 0.677. The van der Waals surface area contributed by atoms with Crippen LogP contribution in [0, 0.1) is 5.82 Å². The second-order valence-corrected chi connectivity index (χ2v) is 5.12. The molecular weight excluding hydrogens is 309 g/mol. The highest BCUT2D eigenvalue weighted by Crippen LogP contribution is 2.30. The number of nitrogens with one attached hydrogen (secondary N) is 1. The van der Waals surface area contributed by atoms with E-state index in [1.54, 1.807) is 37.7 Å². The molecule has 1 aromatic heterocycles. The minimum absolute atomic E-state index is 0.0520.